The molecular weight excluding hydrogens is 320 g/mol. The van der Waals surface area contributed by atoms with Crippen molar-refractivity contribution in [2.45, 2.75) is 19.8 Å². The van der Waals surface area contributed by atoms with Gasteiger partial charge in [0.25, 0.3) is 0 Å². The zero-order valence-corrected chi connectivity index (χ0v) is 12.8. The second-order valence-corrected chi connectivity index (χ2v) is 5.74. The second kappa shape index (κ2) is 6.19. The molecule has 1 saturated heterocycles. The summed E-state index contributed by atoms with van der Waals surface area (Å²) in [6.07, 6.45) is 1.30. The Balaban J connectivity index is 2.26. The number of amides is 1. The van der Waals surface area contributed by atoms with E-state index in [4.69, 9.17) is 5.26 Å². The maximum atomic E-state index is 12.5. The van der Waals surface area contributed by atoms with E-state index in [2.05, 4.69) is 15.9 Å². The molecule has 1 fully saturated rings. The number of anilines is 1. The number of rotatable bonds is 3. The average molecular weight is 335 g/mol. The Morgan fingerprint density at radius 1 is 1.50 bits per heavy atom. The normalized spacial score (nSPS) is 20.4. The molecule has 1 heterocycles. The fourth-order valence-electron chi connectivity index (χ4n) is 2.41. The van der Waals surface area contributed by atoms with E-state index in [1.165, 1.54) is 0 Å². The molecule has 0 aromatic heterocycles. The van der Waals surface area contributed by atoms with E-state index in [0.29, 0.717) is 13.0 Å². The lowest BCUT2D eigenvalue weighted by Gasteiger charge is -2.32. The Morgan fingerprint density at radius 3 is 2.85 bits per heavy atom. The van der Waals surface area contributed by atoms with Crippen LogP contribution < -0.4 is 4.90 Å². The summed E-state index contributed by atoms with van der Waals surface area (Å²) in [6, 6.07) is 9.37. The first kappa shape index (κ1) is 14.7. The fourth-order valence-corrected chi connectivity index (χ4v) is 2.91. The lowest BCUT2D eigenvalue weighted by molar-refractivity contribution is -0.135. The van der Waals surface area contributed by atoms with E-state index in [-0.39, 0.29) is 11.7 Å². The van der Waals surface area contributed by atoms with Gasteiger partial charge in [-0.2, -0.15) is 5.26 Å². The summed E-state index contributed by atoms with van der Waals surface area (Å²) < 4.78 is 0.829. The van der Waals surface area contributed by atoms with Crippen molar-refractivity contribution in [1.82, 2.24) is 0 Å². The molecule has 1 amide bonds. The van der Waals surface area contributed by atoms with Crippen molar-refractivity contribution in [2.75, 3.05) is 11.4 Å². The highest BCUT2D eigenvalue weighted by atomic mass is 79.9. The van der Waals surface area contributed by atoms with E-state index in [9.17, 15) is 9.59 Å². The van der Waals surface area contributed by atoms with Crippen LogP contribution in [-0.4, -0.2) is 18.2 Å². The number of carbonyl (C=O) groups excluding carboxylic acids is 2. The van der Waals surface area contributed by atoms with Gasteiger partial charge in [-0.05, 0) is 47.8 Å². The van der Waals surface area contributed by atoms with E-state index < -0.39 is 11.8 Å². The average Bonchev–Trinajstić information content (AvgIpc) is 2.47. The fraction of sp³-hybridized carbons (Fsp3) is 0.400. The summed E-state index contributed by atoms with van der Waals surface area (Å²) in [4.78, 5) is 26.3. The number of nitrogens with zero attached hydrogens (tertiary/aromatic N) is 2. The van der Waals surface area contributed by atoms with Gasteiger partial charge in [-0.3, -0.25) is 9.59 Å². The minimum absolute atomic E-state index is 0.199. The van der Waals surface area contributed by atoms with Crippen LogP contribution in [0.1, 0.15) is 19.8 Å². The highest BCUT2D eigenvalue weighted by molar-refractivity contribution is 9.10. The van der Waals surface area contributed by atoms with E-state index >= 15 is 0 Å². The Labute approximate surface area is 126 Å². The van der Waals surface area contributed by atoms with Crippen LogP contribution in [-0.2, 0) is 9.59 Å². The number of hydrogen-bond acceptors (Lipinski definition) is 3. The first-order valence-electron chi connectivity index (χ1n) is 6.55. The highest BCUT2D eigenvalue weighted by Gasteiger charge is 2.37. The van der Waals surface area contributed by atoms with Gasteiger partial charge in [0.1, 0.15) is 5.92 Å². The van der Waals surface area contributed by atoms with Gasteiger partial charge in [-0.15, -0.1) is 0 Å². The van der Waals surface area contributed by atoms with Crippen molar-refractivity contribution in [3.8, 4) is 6.07 Å². The minimum atomic E-state index is -0.733. The molecule has 0 unspecified atom stereocenters. The van der Waals surface area contributed by atoms with Crippen molar-refractivity contribution >= 4 is 33.3 Å². The third-order valence-electron chi connectivity index (χ3n) is 3.55. The molecule has 4 nitrogen and oxygen atoms in total. The number of benzene rings is 1. The van der Waals surface area contributed by atoms with Gasteiger partial charge in [0, 0.05) is 11.0 Å². The number of para-hydroxylation sites is 1. The quantitative estimate of drug-likeness (QED) is 0.798. The Hall–Kier alpha value is -1.67. The highest BCUT2D eigenvalue weighted by Crippen LogP contribution is 2.31. The minimum Gasteiger partial charge on any atom is -0.311 e. The van der Waals surface area contributed by atoms with Gasteiger partial charge < -0.3 is 4.90 Å². The molecule has 1 aromatic carbocycles. The summed E-state index contributed by atoms with van der Waals surface area (Å²) in [6.45, 7) is 2.15. The summed E-state index contributed by atoms with van der Waals surface area (Å²) in [5, 5.41) is 8.85. The lowest BCUT2D eigenvalue weighted by atomic mass is 9.87. The largest absolute Gasteiger partial charge is 0.311 e. The molecule has 1 aliphatic rings. The van der Waals surface area contributed by atoms with Crippen molar-refractivity contribution < 1.29 is 9.59 Å². The lowest BCUT2D eigenvalue weighted by Crippen LogP contribution is -2.45. The van der Waals surface area contributed by atoms with Crippen LogP contribution in [0.4, 0.5) is 5.69 Å². The summed E-state index contributed by atoms with van der Waals surface area (Å²) in [5.41, 5.74) is 0.777. The van der Waals surface area contributed by atoms with Crippen LogP contribution in [0, 0.1) is 23.2 Å². The van der Waals surface area contributed by atoms with E-state index in [1.807, 2.05) is 30.3 Å². The van der Waals surface area contributed by atoms with Crippen LogP contribution in [0.3, 0.4) is 0 Å². The number of piperidine rings is 1. The SMILES string of the molecule is C[C@H](C#N)C(=O)[C@H]1CCCN(c2ccccc2Br)C1=O. The maximum absolute atomic E-state index is 12.5. The molecule has 20 heavy (non-hydrogen) atoms. The molecule has 5 heteroatoms. The number of ketones is 1. The molecule has 0 radical (unpaired) electrons. The van der Waals surface area contributed by atoms with Gasteiger partial charge >= 0.3 is 0 Å². The van der Waals surface area contributed by atoms with Gasteiger partial charge in [0.2, 0.25) is 5.91 Å². The molecule has 1 aliphatic heterocycles. The Kier molecular flexibility index (Phi) is 4.56. The molecular formula is C15H15BrN2O2. The third-order valence-corrected chi connectivity index (χ3v) is 4.22. The molecule has 104 valence electrons. The number of Topliss-reactive ketones (excluding diaryl/α,β-unsaturated/α-hetero) is 1. The molecule has 0 N–H and O–H groups in total. The van der Waals surface area contributed by atoms with Crippen LogP contribution in [0.25, 0.3) is 0 Å². The van der Waals surface area contributed by atoms with Crippen molar-refractivity contribution in [3.05, 3.63) is 28.7 Å². The Morgan fingerprint density at radius 2 is 2.20 bits per heavy atom. The molecule has 2 atom stereocenters. The molecule has 0 aliphatic carbocycles. The molecule has 1 aromatic rings. The predicted octanol–water partition coefficient (Wildman–Crippen LogP) is 2.92. The first-order chi connectivity index (χ1) is 9.56. The molecule has 0 spiro atoms. The van der Waals surface area contributed by atoms with Gasteiger partial charge in [0.05, 0.1) is 17.7 Å². The monoisotopic (exact) mass is 334 g/mol. The predicted molar refractivity (Wildman–Crippen MR) is 79.0 cm³/mol. The Bertz CT molecular complexity index is 579. The summed E-state index contributed by atoms with van der Waals surface area (Å²) in [5.74, 6) is -1.89. The summed E-state index contributed by atoms with van der Waals surface area (Å²) in [7, 11) is 0. The van der Waals surface area contributed by atoms with Gasteiger partial charge in [0.15, 0.2) is 5.78 Å². The topological polar surface area (TPSA) is 61.2 Å². The number of halogens is 1. The van der Waals surface area contributed by atoms with Crippen molar-refractivity contribution in [2.24, 2.45) is 11.8 Å². The first-order valence-corrected chi connectivity index (χ1v) is 7.34. The number of hydrogen-bond donors (Lipinski definition) is 0. The van der Waals surface area contributed by atoms with E-state index in [1.54, 1.807) is 11.8 Å². The second-order valence-electron chi connectivity index (χ2n) is 4.89. The van der Waals surface area contributed by atoms with Gasteiger partial charge in [-0.25, -0.2) is 0 Å². The van der Waals surface area contributed by atoms with Crippen molar-refractivity contribution in [3.63, 3.8) is 0 Å². The van der Waals surface area contributed by atoms with Crippen LogP contribution in [0.5, 0.6) is 0 Å². The molecule has 0 saturated carbocycles. The maximum Gasteiger partial charge on any atom is 0.237 e. The smallest absolute Gasteiger partial charge is 0.237 e. The number of nitriles is 1. The standard InChI is InChI=1S/C15H15BrN2O2/c1-10(9-17)14(19)11-5-4-8-18(15(11)20)13-7-3-2-6-12(13)16/h2-3,6-7,10-11H,4-5,8H2,1H3/t10-,11-/m1/s1. The molecule has 2 rings (SSSR count). The zero-order valence-electron chi connectivity index (χ0n) is 11.2. The van der Waals surface area contributed by atoms with Crippen LogP contribution in [0.15, 0.2) is 28.7 Å². The summed E-state index contributed by atoms with van der Waals surface area (Å²) >= 11 is 3.43. The van der Waals surface area contributed by atoms with E-state index in [0.717, 1.165) is 16.6 Å². The number of carbonyl (C=O) groups is 2. The van der Waals surface area contributed by atoms with Crippen LogP contribution >= 0.6 is 15.9 Å². The molecule has 0 bridgehead atoms. The van der Waals surface area contributed by atoms with Crippen molar-refractivity contribution in [1.29, 1.82) is 5.26 Å². The third kappa shape index (κ3) is 2.75. The van der Waals surface area contributed by atoms with Crippen LogP contribution in [0.2, 0.25) is 0 Å². The van der Waals surface area contributed by atoms with Gasteiger partial charge in [-0.1, -0.05) is 12.1 Å². The zero-order chi connectivity index (χ0) is 14.7.